The van der Waals surface area contributed by atoms with E-state index in [4.69, 9.17) is 0 Å². The molecule has 120 valence electrons. The first-order chi connectivity index (χ1) is 10.9. The van der Waals surface area contributed by atoms with Gasteiger partial charge in [0.2, 0.25) is 5.91 Å². The van der Waals surface area contributed by atoms with Gasteiger partial charge in [-0.15, -0.1) is 22.7 Å². The summed E-state index contributed by atoms with van der Waals surface area (Å²) in [7, 11) is 0. The largest absolute Gasteiger partial charge is 0.316 e. The van der Waals surface area contributed by atoms with E-state index in [9.17, 15) is 10.1 Å². The molecule has 4 nitrogen and oxygen atoms in total. The molecule has 0 spiro atoms. The molecule has 1 aliphatic carbocycles. The molecule has 0 fully saturated rings. The minimum absolute atomic E-state index is 0.00191. The van der Waals surface area contributed by atoms with Gasteiger partial charge in [-0.3, -0.25) is 4.79 Å². The van der Waals surface area contributed by atoms with Crippen LogP contribution in [0.1, 0.15) is 53.9 Å². The van der Waals surface area contributed by atoms with E-state index in [0.717, 1.165) is 35.5 Å². The van der Waals surface area contributed by atoms with Crippen molar-refractivity contribution < 1.29 is 4.79 Å². The van der Waals surface area contributed by atoms with Gasteiger partial charge in [0, 0.05) is 15.7 Å². The summed E-state index contributed by atoms with van der Waals surface area (Å²) >= 11 is 3.14. The fraction of sp³-hybridized carbons (Fsp3) is 0.471. The fourth-order valence-corrected chi connectivity index (χ4v) is 4.84. The van der Waals surface area contributed by atoms with Gasteiger partial charge < -0.3 is 5.32 Å². The number of rotatable bonds is 3. The summed E-state index contributed by atoms with van der Waals surface area (Å²) in [5, 5.41) is 16.0. The van der Waals surface area contributed by atoms with Crippen molar-refractivity contribution in [2.75, 3.05) is 5.32 Å². The predicted octanol–water partition coefficient (Wildman–Crippen LogP) is 4.04. The fourth-order valence-electron chi connectivity index (χ4n) is 2.68. The Balaban J connectivity index is 1.71. The Labute approximate surface area is 144 Å². The molecule has 0 unspecified atom stereocenters. The molecule has 0 aromatic carbocycles. The second kappa shape index (κ2) is 6.06. The van der Waals surface area contributed by atoms with Crippen LogP contribution in [0.25, 0.3) is 0 Å². The first-order valence-corrected chi connectivity index (χ1v) is 9.37. The lowest BCUT2D eigenvalue weighted by Crippen LogP contribution is -2.15. The third kappa shape index (κ3) is 3.31. The monoisotopic (exact) mass is 345 g/mol. The number of carbonyl (C=O) groups is 1. The highest BCUT2D eigenvalue weighted by molar-refractivity contribution is 7.16. The number of aromatic nitrogens is 1. The first kappa shape index (κ1) is 16.2. The molecular formula is C17H19N3OS2. The van der Waals surface area contributed by atoms with Crippen molar-refractivity contribution in [3.8, 4) is 6.07 Å². The van der Waals surface area contributed by atoms with Crippen LogP contribution in [-0.4, -0.2) is 10.9 Å². The zero-order valence-corrected chi connectivity index (χ0v) is 15.2. The van der Waals surface area contributed by atoms with Crippen molar-refractivity contribution >= 4 is 33.6 Å². The lowest BCUT2D eigenvalue weighted by atomic mass is 9.98. The Morgan fingerprint density at radius 1 is 1.43 bits per heavy atom. The minimum Gasteiger partial charge on any atom is -0.316 e. The highest BCUT2D eigenvalue weighted by atomic mass is 32.1. The van der Waals surface area contributed by atoms with E-state index in [1.54, 1.807) is 22.7 Å². The van der Waals surface area contributed by atoms with Crippen LogP contribution in [0.3, 0.4) is 0 Å². The highest BCUT2D eigenvalue weighted by Crippen LogP contribution is 2.38. The number of nitrogens with zero attached hydrogens (tertiary/aromatic N) is 2. The summed E-state index contributed by atoms with van der Waals surface area (Å²) in [5.74, 6) is -0.104. The normalized spacial score (nSPS) is 13.7. The van der Waals surface area contributed by atoms with E-state index in [0.29, 0.717) is 10.6 Å². The number of hydrogen-bond acceptors (Lipinski definition) is 5. The first-order valence-electron chi connectivity index (χ1n) is 7.68. The van der Waals surface area contributed by atoms with Crippen LogP contribution in [0.5, 0.6) is 0 Å². The van der Waals surface area contributed by atoms with Gasteiger partial charge in [-0.2, -0.15) is 5.26 Å². The summed E-state index contributed by atoms with van der Waals surface area (Å²) in [6.45, 7) is 6.34. The zero-order chi connectivity index (χ0) is 16.6. The van der Waals surface area contributed by atoms with Gasteiger partial charge >= 0.3 is 0 Å². The maximum Gasteiger partial charge on any atom is 0.231 e. The summed E-state index contributed by atoms with van der Waals surface area (Å²) < 4.78 is 0. The Kier molecular flexibility index (Phi) is 4.26. The van der Waals surface area contributed by atoms with Crippen molar-refractivity contribution in [3.63, 3.8) is 0 Å². The maximum atomic E-state index is 12.3. The number of amides is 1. The molecule has 2 aromatic heterocycles. The minimum atomic E-state index is -0.104. The van der Waals surface area contributed by atoms with Crippen LogP contribution in [-0.2, 0) is 29.5 Å². The molecule has 1 aliphatic rings. The smallest absolute Gasteiger partial charge is 0.231 e. The van der Waals surface area contributed by atoms with Crippen molar-refractivity contribution in [1.29, 1.82) is 5.26 Å². The van der Waals surface area contributed by atoms with Crippen molar-refractivity contribution in [1.82, 2.24) is 4.98 Å². The molecular weight excluding hydrogens is 326 g/mol. The molecule has 23 heavy (non-hydrogen) atoms. The van der Waals surface area contributed by atoms with E-state index in [1.165, 1.54) is 4.88 Å². The molecule has 0 saturated heterocycles. The molecule has 2 aromatic rings. The number of nitrogens with one attached hydrogen (secondary N) is 1. The Morgan fingerprint density at radius 3 is 2.87 bits per heavy atom. The maximum absolute atomic E-state index is 12.3. The summed E-state index contributed by atoms with van der Waals surface area (Å²) in [4.78, 5) is 18.1. The number of aryl methyl sites for hydroxylation is 1. The van der Waals surface area contributed by atoms with Gasteiger partial charge in [0.15, 0.2) is 0 Å². The van der Waals surface area contributed by atoms with E-state index in [1.807, 2.05) is 5.38 Å². The predicted molar refractivity (Wildman–Crippen MR) is 94.2 cm³/mol. The van der Waals surface area contributed by atoms with Gasteiger partial charge in [-0.05, 0) is 24.8 Å². The third-order valence-corrected chi connectivity index (χ3v) is 6.35. The Bertz CT molecular complexity index is 790. The van der Waals surface area contributed by atoms with Gasteiger partial charge in [-0.1, -0.05) is 20.8 Å². The number of anilines is 1. The molecule has 0 saturated carbocycles. The van der Waals surface area contributed by atoms with Crippen molar-refractivity contribution in [2.45, 2.75) is 51.9 Å². The van der Waals surface area contributed by atoms with Crippen LogP contribution in [0, 0.1) is 11.3 Å². The molecule has 1 amide bonds. The molecule has 0 aliphatic heterocycles. The summed E-state index contributed by atoms with van der Waals surface area (Å²) in [5.41, 5.74) is 2.59. The second-order valence-corrected chi connectivity index (χ2v) is 8.76. The number of thiazole rings is 1. The summed E-state index contributed by atoms with van der Waals surface area (Å²) in [6, 6.07) is 2.25. The number of thiophene rings is 1. The van der Waals surface area contributed by atoms with Crippen LogP contribution < -0.4 is 5.32 Å². The third-order valence-electron chi connectivity index (χ3n) is 3.82. The van der Waals surface area contributed by atoms with Crippen molar-refractivity contribution in [2.24, 2.45) is 0 Å². The van der Waals surface area contributed by atoms with E-state index in [2.05, 4.69) is 37.1 Å². The van der Waals surface area contributed by atoms with Crippen LogP contribution in [0.4, 0.5) is 5.00 Å². The van der Waals surface area contributed by atoms with Crippen LogP contribution in [0.15, 0.2) is 5.38 Å². The van der Waals surface area contributed by atoms with Gasteiger partial charge in [0.25, 0.3) is 0 Å². The van der Waals surface area contributed by atoms with Gasteiger partial charge in [0.1, 0.15) is 11.1 Å². The van der Waals surface area contributed by atoms with E-state index in [-0.39, 0.29) is 17.7 Å². The lowest BCUT2D eigenvalue weighted by Gasteiger charge is -2.13. The molecule has 0 radical (unpaired) electrons. The van der Waals surface area contributed by atoms with E-state index >= 15 is 0 Å². The quantitative estimate of drug-likeness (QED) is 0.913. The molecule has 1 N–H and O–H groups in total. The second-order valence-electron chi connectivity index (χ2n) is 6.79. The van der Waals surface area contributed by atoms with E-state index < -0.39 is 0 Å². The number of nitriles is 1. The topological polar surface area (TPSA) is 65.8 Å². The molecule has 2 heterocycles. The Hall–Kier alpha value is -1.71. The Morgan fingerprint density at radius 2 is 2.22 bits per heavy atom. The average molecular weight is 345 g/mol. The molecule has 6 heteroatoms. The number of carbonyl (C=O) groups excluding carboxylic acids is 1. The molecule has 3 rings (SSSR count). The summed E-state index contributed by atoms with van der Waals surface area (Å²) in [6.07, 6.45) is 3.33. The average Bonchev–Trinajstić information content (AvgIpc) is 3.13. The number of fused-ring (bicyclic) bond motifs is 1. The molecule has 0 bridgehead atoms. The van der Waals surface area contributed by atoms with Gasteiger partial charge in [0.05, 0.1) is 22.7 Å². The van der Waals surface area contributed by atoms with Crippen LogP contribution >= 0.6 is 22.7 Å². The number of hydrogen-bond donors (Lipinski definition) is 1. The zero-order valence-electron chi connectivity index (χ0n) is 13.5. The SMILES string of the molecule is CC(C)(C)c1nc(CC(=O)Nc2sc3c(c2C#N)CCC3)cs1. The van der Waals surface area contributed by atoms with Crippen LogP contribution in [0.2, 0.25) is 0 Å². The van der Waals surface area contributed by atoms with Crippen molar-refractivity contribution in [3.05, 3.63) is 32.1 Å². The molecule has 0 atom stereocenters. The standard InChI is InChI=1S/C17H19N3OS2/c1-17(2,3)16-19-10(9-22-16)7-14(21)20-15-12(8-18)11-5-4-6-13(11)23-15/h9H,4-7H2,1-3H3,(H,20,21). The van der Waals surface area contributed by atoms with Gasteiger partial charge in [-0.25, -0.2) is 4.98 Å². The highest BCUT2D eigenvalue weighted by Gasteiger charge is 2.23. The lowest BCUT2D eigenvalue weighted by molar-refractivity contribution is -0.115.